The van der Waals surface area contributed by atoms with Crippen LogP contribution < -0.4 is 0 Å². The SMILES string of the molecule is O=C1CCC2(CCCN(Cc3ccco3)CC2)N1Cc1cccc(F)c1. The number of carbonyl (C=O) groups is 1. The number of rotatable bonds is 4. The lowest BCUT2D eigenvalue weighted by Crippen LogP contribution is -2.45. The number of carbonyl (C=O) groups excluding carboxylic acids is 1. The first kappa shape index (κ1) is 17.3. The Bertz CT molecular complexity index is 761. The third kappa shape index (κ3) is 3.54. The molecule has 2 aromatic rings. The number of hydrogen-bond acceptors (Lipinski definition) is 3. The van der Waals surface area contributed by atoms with Crippen molar-refractivity contribution in [2.45, 2.75) is 50.7 Å². The summed E-state index contributed by atoms with van der Waals surface area (Å²) in [6, 6.07) is 10.5. The molecule has 1 spiro atoms. The Hall–Kier alpha value is -2.14. The molecule has 138 valence electrons. The largest absolute Gasteiger partial charge is 0.468 e. The molecular weight excluding hydrogens is 331 g/mol. The van der Waals surface area contributed by atoms with Crippen LogP contribution in [0, 0.1) is 5.82 Å². The highest BCUT2D eigenvalue weighted by atomic mass is 19.1. The van der Waals surface area contributed by atoms with Crippen molar-refractivity contribution in [2.75, 3.05) is 13.1 Å². The molecule has 0 N–H and O–H groups in total. The highest BCUT2D eigenvalue weighted by Crippen LogP contribution is 2.40. The third-order valence-corrected chi connectivity index (χ3v) is 5.88. The number of benzene rings is 1. The number of amides is 1. The Morgan fingerprint density at radius 2 is 2.00 bits per heavy atom. The predicted octanol–water partition coefficient (Wildman–Crippen LogP) is 3.97. The highest BCUT2D eigenvalue weighted by molar-refractivity contribution is 5.79. The van der Waals surface area contributed by atoms with Gasteiger partial charge in [-0.1, -0.05) is 12.1 Å². The molecule has 26 heavy (non-hydrogen) atoms. The van der Waals surface area contributed by atoms with Crippen LogP contribution in [-0.2, 0) is 17.9 Å². The highest BCUT2D eigenvalue weighted by Gasteiger charge is 2.45. The van der Waals surface area contributed by atoms with Gasteiger partial charge in [0.15, 0.2) is 0 Å². The van der Waals surface area contributed by atoms with Crippen molar-refractivity contribution in [1.29, 1.82) is 0 Å². The number of likely N-dealkylation sites (tertiary alicyclic amines) is 2. The van der Waals surface area contributed by atoms with E-state index in [0.717, 1.165) is 56.6 Å². The fourth-order valence-corrected chi connectivity index (χ4v) is 4.48. The van der Waals surface area contributed by atoms with E-state index in [2.05, 4.69) is 4.90 Å². The first-order valence-electron chi connectivity index (χ1n) is 9.44. The number of furan rings is 1. The topological polar surface area (TPSA) is 36.7 Å². The van der Waals surface area contributed by atoms with Gasteiger partial charge >= 0.3 is 0 Å². The smallest absolute Gasteiger partial charge is 0.223 e. The van der Waals surface area contributed by atoms with Crippen LogP contribution in [0.25, 0.3) is 0 Å². The molecule has 1 amide bonds. The van der Waals surface area contributed by atoms with E-state index >= 15 is 0 Å². The quantitative estimate of drug-likeness (QED) is 0.832. The molecule has 1 aromatic heterocycles. The molecule has 2 fully saturated rings. The molecule has 2 aliphatic rings. The first-order chi connectivity index (χ1) is 12.6. The van der Waals surface area contributed by atoms with Crippen LogP contribution in [0.3, 0.4) is 0 Å². The molecule has 1 aromatic carbocycles. The maximum absolute atomic E-state index is 13.5. The molecule has 1 atom stereocenters. The van der Waals surface area contributed by atoms with Gasteiger partial charge in [-0.2, -0.15) is 0 Å². The fourth-order valence-electron chi connectivity index (χ4n) is 4.48. The average molecular weight is 356 g/mol. The van der Waals surface area contributed by atoms with Crippen LogP contribution in [-0.4, -0.2) is 34.3 Å². The minimum absolute atomic E-state index is 0.0820. The van der Waals surface area contributed by atoms with Crippen molar-refractivity contribution in [3.05, 3.63) is 59.8 Å². The number of halogens is 1. The molecule has 2 saturated heterocycles. The van der Waals surface area contributed by atoms with E-state index in [0.29, 0.717) is 13.0 Å². The predicted molar refractivity (Wildman–Crippen MR) is 96.8 cm³/mol. The summed E-state index contributed by atoms with van der Waals surface area (Å²) in [6.07, 6.45) is 6.28. The van der Waals surface area contributed by atoms with E-state index in [4.69, 9.17) is 4.42 Å². The lowest BCUT2D eigenvalue weighted by Gasteiger charge is -2.38. The average Bonchev–Trinajstić information content (AvgIpc) is 3.17. The minimum atomic E-state index is -0.242. The molecule has 1 unspecified atom stereocenters. The second-order valence-corrected chi connectivity index (χ2v) is 7.54. The molecule has 4 rings (SSSR count). The van der Waals surface area contributed by atoms with Crippen molar-refractivity contribution in [2.24, 2.45) is 0 Å². The molecule has 0 saturated carbocycles. The van der Waals surface area contributed by atoms with Gasteiger partial charge in [-0.25, -0.2) is 4.39 Å². The normalized spacial score (nSPS) is 24.3. The van der Waals surface area contributed by atoms with Crippen LogP contribution in [0.2, 0.25) is 0 Å². The number of nitrogens with zero attached hydrogens (tertiary/aromatic N) is 2. The first-order valence-corrected chi connectivity index (χ1v) is 9.44. The molecule has 5 heteroatoms. The van der Waals surface area contributed by atoms with Gasteiger partial charge in [-0.3, -0.25) is 9.69 Å². The zero-order valence-electron chi connectivity index (χ0n) is 15.0. The maximum atomic E-state index is 13.5. The third-order valence-electron chi connectivity index (χ3n) is 5.88. The van der Waals surface area contributed by atoms with Crippen molar-refractivity contribution in [1.82, 2.24) is 9.80 Å². The summed E-state index contributed by atoms with van der Waals surface area (Å²) in [5.41, 5.74) is 0.790. The summed E-state index contributed by atoms with van der Waals surface area (Å²) in [7, 11) is 0. The van der Waals surface area contributed by atoms with Crippen molar-refractivity contribution >= 4 is 5.91 Å². The second-order valence-electron chi connectivity index (χ2n) is 7.54. The minimum Gasteiger partial charge on any atom is -0.468 e. The Morgan fingerprint density at radius 3 is 2.81 bits per heavy atom. The fraction of sp³-hybridized carbons (Fsp3) is 0.476. The zero-order chi connectivity index (χ0) is 18.0. The van der Waals surface area contributed by atoms with Gasteiger partial charge in [-0.05, 0) is 62.1 Å². The summed E-state index contributed by atoms with van der Waals surface area (Å²) in [4.78, 5) is 17.0. The van der Waals surface area contributed by atoms with Gasteiger partial charge in [0.2, 0.25) is 5.91 Å². The van der Waals surface area contributed by atoms with Crippen molar-refractivity contribution in [3.63, 3.8) is 0 Å². The van der Waals surface area contributed by atoms with Crippen LogP contribution in [0.1, 0.15) is 43.4 Å². The van der Waals surface area contributed by atoms with Crippen molar-refractivity contribution in [3.8, 4) is 0 Å². The van der Waals surface area contributed by atoms with Crippen LogP contribution >= 0.6 is 0 Å². The van der Waals surface area contributed by atoms with Gasteiger partial charge in [0, 0.05) is 25.0 Å². The molecule has 0 radical (unpaired) electrons. The summed E-state index contributed by atoms with van der Waals surface area (Å²) < 4.78 is 19.0. The Morgan fingerprint density at radius 1 is 1.08 bits per heavy atom. The molecular formula is C21H25FN2O2. The Labute approximate surface area is 153 Å². The van der Waals surface area contributed by atoms with Crippen LogP contribution in [0.15, 0.2) is 47.1 Å². The zero-order valence-corrected chi connectivity index (χ0v) is 15.0. The lowest BCUT2D eigenvalue weighted by molar-refractivity contribution is -0.132. The van der Waals surface area contributed by atoms with Crippen LogP contribution in [0.4, 0.5) is 4.39 Å². The standard InChI is InChI=1S/C21H25FN2O2/c22-18-5-1-4-17(14-18)15-24-20(25)7-9-21(24)8-3-11-23(12-10-21)16-19-6-2-13-26-19/h1-2,4-6,13-14H,3,7-12,15-16H2. The van der Waals surface area contributed by atoms with Crippen molar-refractivity contribution < 1.29 is 13.6 Å². The van der Waals surface area contributed by atoms with Gasteiger partial charge < -0.3 is 9.32 Å². The van der Waals surface area contributed by atoms with Gasteiger partial charge in [0.1, 0.15) is 11.6 Å². The molecule has 2 aliphatic heterocycles. The molecule has 4 nitrogen and oxygen atoms in total. The van der Waals surface area contributed by atoms with E-state index in [1.54, 1.807) is 18.4 Å². The second kappa shape index (κ2) is 7.23. The van der Waals surface area contributed by atoms with E-state index in [9.17, 15) is 9.18 Å². The van der Waals surface area contributed by atoms with E-state index in [1.165, 1.54) is 6.07 Å². The molecule has 3 heterocycles. The lowest BCUT2D eigenvalue weighted by atomic mass is 9.87. The summed E-state index contributed by atoms with van der Waals surface area (Å²) in [6.45, 7) is 3.30. The van der Waals surface area contributed by atoms with E-state index in [-0.39, 0.29) is 17.3 Å². The Kier molecular flexibility index (Phi) is 4.81. The molecule has 0 bridgehead atoms. The number of hydrogen-bond donors (Lipinski definition) is 0. The summed E-state index contributed by atoms with van der Waals surface area (Å²) in [5.74, 6) is 0.947. The van der Waals surface area contributed by atoms with Gasteiger partial charge in [0.25, 0.3) is 0 Å². The van der Waals surface area contributed by atoms with Gasteiger partial charge in [0.05, 0.1) is 12.8 Å². The summed E-state index contributed by atoms with van der Waals surface area (Å²) >= 11 is 0. The Balaban J connectivity index is 1.47. The summed E-state index contributed by atoms with van der Waals surface area (Å²) in [5, 5.41) is 0. The van der Waals surface area contributed by atoms with Crippen LogP contribution in [0.5, 0.6) is 0 Å². The molecule has 0 aliphatic carbocycles. The maximum Gasteiger partial charge on any atom is 0.223 e. The monoisotopic (exact) mass is 356 g/mol. The van der Waals surface area contributed by atoms with E-state index < -0.39 is 0 Å². The van der Waals surface area contributed by atoms with Gasteiger partial charge in [-0.15, -0.1) is 0 Å². The van der Waals surface area contributed by atoms with E-state index in [1.807, 2.05) is 23.1 Å².